The van der Waals surface area contributed by atoms with Crippen LogP contribution in [0, 0.1) is 6.92 Å². The van der Waals surface area contributed by atoms with Crippen molar-refractivity contribution in [1.29, 1.82) is 0 Å². The molecule has 4 nitrogen and oxygen atoms in total. The van der Waals surface area contributed by atoms with Crippen molar-refractivity contribution in [3.05, 3.63) is 22.8 Å². The summed E-state index contributed by atoms with van der Waals surface area (Å²) in [6, 6.07) is 1.94. The minimum atomic E-state index is -0.739. The Kier molecular flexibility index (Phi) is 3.87. The number of carbonyl (C=O) groups excluding carboxylic acids is 2. The number of aliphatic hydroxyl groups is 1. The summed E-state index contributed by atoms with van der Waals surface area (Å²) >= 11 is 1.59. The number of hydrogen-bond acceptors (Lipinski definition) is 4. The van der Waals surface area contributed by atoms with Crippen molar-refractivity contribution < 1.29 is 14.7 Å². The fourth-order valence-corrected chi connectivity index (χ4v) is 3.53. The number of Topliss-reactive ketones (excluding diaryl/α,β-unsaturated/α-hetero) is 2. The van der Waals surface area contributed by atoms with Crippen molar-refractivity contribution in [3.63, 3.8) is 0 Å². The molecule has 0 spiro atoms. The van der Waals surface area contributed by atoms with E-state index < -0.39 is 5.92 Å². The van der Waals surface area contributed by atoms with E-state index in [2.05, 4.69) is 0 Å². The van der Waals surface area contributed by atoms with Crippen LogP contribution in [0.5, 0.6) is 0 Å². The fraction of sp³-hybridized carbons (Fsp3) is 0.429. The molecule has 0 aliphatic rings. The summed E-state index contributed by atoms with van der Waals surface area (Å²) < 4.78 is 2.98. The Morgan fingerprint density at radius 1 is 1.37 bits per heavy atom. The molecule has 2 rings (SSSR count). The predicted molar refractivity (Wildman–Crippen MR) is 75.7 cm³/mol. The van der Waals surface area contributed by atoms with Crippen molar-refractivity contribution in [3.8, 4) is 0 Å². The van der Waals surface area contributed by atoms with E-state index in [0.717, 1.165) is 21.5 Å². The van der Waals surface area contributed by atoms with E-state index in [4.69, 9.17) is 0 Å². The van der Waals surface area contributed by atoms with Gasteiger partial charge in [-0.1, -0.05) is 0 Å². The zero-order chi connectivity index (χ0) is 14.2. The maximum Gasteiger partial charge on any atom is 0.146 e. The summed E-state index contributed by atoms with van der Waals surface area (Å²) in [5.74, 6) is -1.05. The molecule has 2 aromatic rings. The molecule has 5 heteroatoms. The van der Waals surface area contributed by atoms with Crippen LogP contribution in [-0.2, 0) is 16.1 Å². The molecular formula is C14H17NO3S. The van der Waals surface area contributed by atoms with Crippen molar-refractivity contribution in [1.82, 2.24) is 4.57 Å². The van der Waals surface area contributed by atoms with Gasteiger partial charge in [-0.05, 0) is 32.2 Å². The lowest BCUT2D eigenvalue weighted by Gasteiger charge is -2.16. The molecule has 0 saturated heterocycles. The second-order valence-corrected chi connectivity index (χ2v) is 5.58. The fourth-order valence-electron chi connectivity index (χ4n) is 2.61. The molecule has 2 aromatic heterocycles. The monoisotopic (exact) mass is 279 g/mol. The van der Waals surface area contributed by atoms with Gasteiger partial charge in [-0.25, -0.2) is 0 Å². The number of aliphatic hydroxyl groups excluding tert-OH is 1. The van der Waals surface area contributed by atoms with Crippen molar-refractivity contribution in [2.24, 2.45) is 0 Å². The number of nitrogens with zero attached hydrogens (tertiary/aromatic N) is 1. The molecule has 2 heterocycles. The summed E-state index contributed by atoms with van der Waals surface area (Å²) in [5, 5.41) is 12.1. The number of fused-ring (bicyclic) bond motifs is 1. The highest BCUT2D eigenvalue weighted by molar-refractivity contribution is 7.17. The number of thiophene rings is 1. The first kappa shape index (κ1) is 14.0. The average Bonchev–Trinajstić information content (AvgIpc) is 2.87. The molecule has 0 saturated carbocycles. The van der Waals surface area contributed by atoms with Gasteiger partial charge < -0.3 is 9.67 Å². The van der Waals surface area contributed by atoms with Crippen LogP contribution >= 0.6 is 11.3 Å². The second kappa shape index (κ2) is 5.27. The molecular weight excluding hydrogens is 262 g/mol. The van der Waals surface area contributed by atoms with E-state index in [9.17, 15) is 14.7 Å². The number of aromatic nitrogens is 1. The van der Waals surface area contributed by atoms with Gasteiger partial charge in [0.15, 0.2) is 0 Å². The lowest BCUT2D eigenvalue weighted by atomic mass is 9.95. The molecule has 0 radical (unpaired) electrons. The molecule has 0 unspecified atom stereocenters. The van der Waals surface area contributed by atoms with Gasteiger partial charge in [0, 0.05) is 23.3 Å². The van der Waals surface area contributed by atoms with Crippen LogP contribution in [0.4, 0.5) is 0 Å². The Bertz CT molecular complexity index is 624. The average molecular weight is 279 g/mol. The third kappa shape index (κ3) is 2.24. The zero-order valence-corrected chi connectivity index (χ0v) is 12.1. The third-order valence-electron chi connectivity index (χ3n) is 3.38. The highest BCUT2D eigenvalue weighted by Gasteiger charge is 2.29. The molecule has 0 aliphatic carbocycles. The molecule has 0 bridgehead atoms. The standard InChI is InChI=1S/C14H17NO3S/c1-8-14-11(4-7-19-14)13(15(8)5-6-16)12(9(2)17)10(3)18/h4,7,12,16H,5-6H2,1-3H3. The van der Waals surface area contributed by atoms with Gasteiger partial charge in [0.25, 0.3) is 0 Å². The number of carbonyl (C=O) groups is 2. The maximum absolute atomic E-state index is 11.8. The van der Waals surface area contributed by atoms with Gasteiger partial charge in [-0.2, -0.15) is 0 Å². The van der Waals surface area contributed by atoms with Crippen LogP contribution in [-0.4, -0.2) is 27.8 Å². The molecule has 19 heavy (non-hydrogen) atoms. The van der Waals surface area contributed by atoms with Gasteiger partial charge in [0.2, 0.25) is 0 Å². The van der Waals surface area contributed by atoms with E-state index in [1.165, 1.54) is 13.8 Å². The summed E-state index contributed by atoms with van der Waals surface area (Å²) in [4.78, 5) is 23.6. The minimum Gasteiger partial charge on any atom is -0.395 e. The van der Waals surface area contributed by atoms with Gasteiger partial charge >= 0.3 is 0 Å². The van der Waals surface area contributed by atoms with Crippen molar-refractivity contribution >= 4 is 33.0 Å². The third-order valence-corrected chi connectivity index (χ3v) is 4.40. The van der Waals surface area contributed by atoms with Crippen LogP contribution in [0.3, 0.4) is 0 Å². The number of hydrogen-bond donors (Lipinski definition) is 1. The van der Waals surface area contributed by atoms with Gasteiger partial charge in [0.1, 0.15) is 17.5 Å². The van der Waals surface area contributed by atoms with Crippen molar-refractivity contribution in [2.45, 2.75) is 33.2 Å². The molecule has 102 valence electrons. The normalized spacial score (nSPS) is 11.4. The van der Waals surface area contributed by atoms with Crippen LogP contribution in [0.15, 0.2) is 11.4 Å². The number of ketones is 2. The molecule has 0 amide bonds. The van der Waals surface area contributed by atoms with Gasteiger partial charge in [-0.3, -0.25) is 9.59 Å². The van der Waals surface area contributed by atoms with E-state index in [-0.39, 0.29) is 18.2 Å². The maximum atomic E-state index is 11.8. The molecule has 0 atom stereocenters. The zero-order valence-electron chi connectivity index (χ0n) is 11.3. The Balaban J connectivity index is 2.74. The Hall–Kier alpha value is -1.46. The van der Waals surface area contributed by atoms with Crippen LogP contribution in [0.1, 0.15) is 31.2 Å². The second-order valence-electron chi connectivity index (χ2n) is 4.66. The summed E-state index contributed by atoms with van der Waals surface area (Å²) in [6.07, 6.45) is 0. The number of rotatable bonds is 5. The molecule has 0 aromatic carbocycles. The summed E-state index contributed by atoms with van der Waals surface area (Å²) in [6.45, 7) is 5.22. The van der Waals surface area contributed by atoms with E-state index in [1.807, 2.05) is 22.9 Å². The number of aryl methyl sites for hydroxylation is 1. The first-order valence-electron chi connectivity index (χ1n) is 6.17. The highest BCUT2D eigenvalue weighted by Crippen LogP contribution is 2.35. The Morgan fingerprint density at radius 3 is 2.53 bits per heavy atom. The van der Waals surface area contributed by atoms with Gasteiger partial charge in [0.05, 0.1) is 11.3 Å². The van der Waals surface area contributed by atoms with E-state index in [0.29, 0.717) is 6.54 Å². The smallest absolute Gasteiger partial charge is 0.146 e. The quantitative estimate of drug-likeness (QED) is 0.854. The Morgan fingerprint density at radius 2 is 2.00 bits per heavy atom. The largest absolute Gasteiger partial charge is 0.395 e. The van der Waals surface area contributed by atoms with E-state index in [1.54, 1.807) is 11.3 Å². The molecule has 0 aliphatic heterocycles. The van der Waals surface area contributed by atoms with Crippen molar-refractivity contribution in [2.75, 3.05) is 6.61 Å². The summed E-state index contributed by atoms with van der Waals surface area (Å²) in [7, 11) is 0. The topological polar surface area (TPSA) is 59.3 Å². The van der Waals surface area contributed by atoms with Crippen LogP contribution in [0.25, 0.3) is 10.1 Å². The Labute approximate surface area is 115 Å². The minimum absolute atomic E-state index is 0.0156. The van der Waals surface area contributed by atoms with E-state index >= 15 is 0 Å². The molecule has 1 N–H and O–H groups in total. The SMILES string of the molecule is CC(=O)C(C(C)=O)c1c2ccsc2c(C)n1CCO. The lowest BCUT2D eigenvalue weighted by molar-refractivity contribution is -0.127. The lowest BCUT2D eigenvalue weighted by Crippen LogP contribution is -2.22. The predicted octanol–water partition coefficient (Wildman–Crippen LogP) is 2.27. The first-order valence-corrected chi connectivity index (χ1v) is 7.05. The van der Waals surface area contributed by atoms with Gasteiger partial charge in [-0.15, -0.1) is 11.3 Å². The highest BCUT2D eigenvalue weighted by atomic mass is 32.1. The summed E-state index contributed by atoms with van der Waals surface area (Å²) in [5.41, 5.74) is 1.73. The van der Waals surface area contributed by atoms with Crippen LogP contribution < -0.4 is 0 Å². The molecule has 0 fully saturated rings. The van der Waals surface area contributed by atoms with Crippen LogP contribution in [0.2, 0.25) is 0 Å². The first-order chi connectivity index (χ1) is 8.99.